The number of benzene rings is 3. The van der Waals surface area contributed by atoms with Crippen molar-refractivity contribution in [1.29, 1.82) is 0 Å². The summed E-state index contributed by atoms with van der Waals surface area (Å²) in [6, 6.07) is 14.0. The first-order valence-corrected chi connectivity index (χ1v) is 10.5. The maximum Gasteiger partial charge on any atom is 0.416 e. The Morgan fingerprint density at radius 2 is 1.60 bits per heavy atom. The molecule has 4 aromatic rings. The molecule has 6 nitrogen and oxygen atoms in total. The predicted octanol–water partition coefficient (Wildman–Crippen LogP) is 4.79. The summed E-state index contributed by atoms with van der Waals surface area (Å²) in [5.74, 6) is 0.188. The maximum absolute atomic E-state index is 13.0. The zero-order valence-corrected chi connectivity index (χ0v) is 19.2. The first-order chi connectivity index (χ1) is 16.1. The standard InChI is InChI=1S/C25H22F3NO5.ClH/c26-25(27,28)16-2-1-3-17(11-16)33-18-5-7-21-20(12-18)23(32)19-6-4-15(10-22(19)34-21)8-9-24(29,13-30)14-31;/h1-7,10-12,30-31H,8-9,13-14,29H2;1H. The first-order valence-electron chi connectivity index (χ1n) is 10.5. The number of nitrogens with two attached hydrogens (primary N) is 1. The van der Waals surface area contributed by atoms with E-state index in [1.54, 1.807) is 18.2 Å². The van der Waals surface area contributed by atoms with Gasteiger partial charge in [0.1, 0.15) is 22.7 Å². The molecule has 0 amide bonds. The van der Waals surface area contributed by atoms with Crippen LogP contribution in [0.3, 0.4) is 0 Å². The van der Waals surface area contributed by atoms with Crippen LogP contribution in [-0.4, -0.2) is 29.0 Å². The zero-order valence-electron chi connectivity index (χ0n) is 18.3. The van der Waals surface area contributed by atoms with Gasteiger partial charge >= 0.3 is 6.18 Å². The second-order valence-corrected chi connectivity index (χ2v) is 8.23. The Kier molecular flexibility index (Phi) is 7.76. The molecule has 0 fully saturated rings. The molecule has 186 valence electrons. The number of hydrogen-bond donors (Lipinski definition) is 3. The highest BCUT2D eigenvalue weighted by atomic mass is 35.5. The van der Waals surface area contributed by atoms with Crippen molar-refractivity contribution in [3.8, 4) is 11.5 Å². The number of fused-ring (bicyclic) bond motifs is 2. The van der Waals surface area contributed by atoms with Crippen molar-refractivity contribution in [2.45, 2.75) is 24.6 Å². The molecule has 1 heterocycles. The van der Waals surface area contributed by atoms with Gasteiger partial charge in [-0.15, -0.1) is 12.4 Å². The van der Waals surface area contributed by atoms with Gasteiger partial charge in [0.2, 0.25) is 5.43 Å². The Bertz CT molecular complexity index is 1400. The van der Waals surface area contributed by atoms with Gasteiger partial charge < -0.3 is 25.1 Å². The van der Waals surface area contributed by atoms with Crippen LogP contribution in [0.25, 0.3) is 21.9 Å². The highest BCUT2D eigenvalue weighted by molar-refractivity contribution is 5.90. The number of aliphatic hydroxyl groups excluding tert-OH is 2. The minimum atomic E-state index is -4.50. The van der Waals surface area contributed by atoms with E-state index in [1.165, 1.54) is 30.3 Å². The normalized spacial score (nSPS) is 12.1. The van der Waals surface area contributed by atoms with Crippen LogP contribution in [0, 0.1) is 0 Å². The lowest BCUT2D eigenvalue weighted by Gasteiger charge is -2.24. The molecule has 0 atom stereocenters. The molecule has 0 aliphatic carbocycles. The van der Waals surface area contributed by atoms with Gasteiger partial charge in [-0.1, -0.05) is 12.1 Å². The summed E-state index contributed by atoms with van der Waals surface area (Å²) in [7, 11) is 0. The van der Waals surface area contributed by atoms with Crippen LogP contribution in [0.4, 0.5) is 13.2 Å². The predicted molar refractivity (Wildman–Crippen MR) is 128 cm³/mol. The smallest absolute Gasteiger partial charge is 0.416 e. The Labute approximate surface area is 204 Å². The van der Waals surface area contributed by atoms with Crippen molar-refractivity contribution in [3.63, 3.8) is 0 Å². The Balaban J connectivity index is 0.00000342. The van der Waals surface area contributed by atoms with Crippen LogP contribution in [-0.2, 0) is 12.6 Å². The second kappa shape index (κ2) is 10.2. The van der Waals surface area contributed by atoms with Gasteiger partial charge in [-0.25, -0.2) is 0 Å². The molecule has 10 heteroatoms. The molecule has 0 spiro atoms. The van der Waals surface area contributed by atoms with E-state index < -0.39 is 17.3 Å². The minimum Gasteiger partial charge on any atom is -0.457 e. The quantitative estimate of drug-likeness (QED) is 0.309. The van der Waals surface area contributed by atoms with E-state index in [-0.39, 0.29) is 47.9 Å². The van der Waals surface area contributed by atoms with Crippen molar-refractivity contribution in [3.05, 3.63) is 82.0 Å². The zero-order chi connectivity index (χ0) is 24.5. The summed E-state index contributed by atoms with van der Waals surface area (Å²) in [4.78, 5) is 13.0. The number of rotatable bonds is 7. The van der Waals surface area contributed by atoms with Crippen LogP contribution >= 0.6 is 12.4 Å². The molecule has 4 rings (SSSR count). The monoisotopic (exact) mass is 509 g/mol. The van der Waals surface area contributed by atoms with Gasteiger partial charge in [-0.05, 0) is 66.9 Å². The minimum absolute atomic E-state index is 0. The fraction of sp³-hybridized carbons (Fsp3) is 0.240. The molecule has 0 unspecified atom stereocenters. The van der Waals surface area contributed by atoms with E-state index in [1.807, 2.05) is 0 Å². The Morgan fingerprint density at radius 3 is 2.29 bits per heavy atom. The number of alkyl halides is 3. The van der Waals surface area contributed by atoms with Crippen LogP contribution < -0.4 is 15.9 Å². The topological polar surface area (TPSA) is 106 Å². The van der Waals surface area contributed by atoms with Gasteiger partial charge in [0.25, 0.3) is 0 Å². The fourth-order valence-electron chi connectivity index (χ4n) is 3.57. The fourth-order valence-corrected chi connectivity index (χ4v) is 3.57. The lowest BCUT2D eigenvalue weighted by Crippen LogP contribution is -2.47. The molecule has 35 heavy (non-hydrogen) atoms. The first kappa shape index (κ1) is 26.5. The van der Waals surface area contributed by atoms with E-state index in [4.69, 9.17) is 14.9 Å². The number of aliphatic hydroxyl groups is 2. The lowest BCUT2D eigenvalue weighted by atomic mass is 9.93. The van der Waals surface area contributed by atoms with Crippen LogP contribution in [0.15, 0.2) is 69.9 Å². The van der Waals surface area contributed by atoms with Crippen molar-refractivity contribution in [2.24, 2.45) is 5.73 Å². The maximum atomic E-state index is 13.0. The summed E-state index contributed by atoms with van der Waals surface area (Å²) >= 11 is 0. The summed E-state index contributed by atoms with van der Waals surface area (Å²) in [6.45, 7) is -0.719. The van der Waals surface area contributed by atoms with Crippen molar-refractivity contribution >= 4 is 34.3 Å². The number of hydrogen-bond acceptors (Lipinski definition) is 6. The number of aryl methyl sites for hydroxylation is 1. The lowest BCUT2D eigenvalue weighted by molar-refractivity contribution is -0.137. The third-order valence-corrected chi connectivity index (χ3v) is 5.64. The summed E-state index contributed by atoms with van der Waals surface area (Å²) < 4.78 is 50.3. The molecule has 0 radical (unpaired) electrons. The number of halogens is 4. The van der Waals surface area contributed by atoms with E-state index in [0.717, 1.165) is 17.7 Å². The molecule has 1 aromatic heterocycles. The van der Waals surface area contributed by atoms with Crippen molar-refractivity contribution in [1.82, 2.24) is 0 Å². The van der Waals surface area contributed by atoms with Gasteiger partial charge in [-0.2, -0.15) is 13.2 Å². The molecule has 3 aromatic carbocycles. The van der Waals surface area contributed by atoms with Gasteiger partial charge in [0, 0.05) is 0 Å². The summed E-state index contributed by atoms with van der Waals surface area (Å²) in [5.41, 5.74) is 5.14. The Morgan fingerprint density at radius 1 is 0.886 bits per heavy atom. The summed E-state index contributed by atoms with van der Waals surface area (Å²) in [6.07, 6.45) is -3.71. The van der Waals surface area contributed by atoms with Crippen LogP contribution in [0.2, 0.25) is 0 Å². The van der Waals surface area contributed by atoms with E-state index in [0.29, 0.717) is 29.4 Å². The van der Waals surface area contributed by atoms with E-state index >= 15 is 0 Å². The third-order valence-electron chi connectivity index (χ3n) is 5.64. The van der Waals surface area contributed by atoms with Crippen molar-refractivity contribution < 1.29 is 32.5 Å². The van der Waals surface area contributed by atoms with Gasteiger partial charge in [0.15, 0.2) is 0 Å². The van der Waals surface area contributed by atoms with Crippen molar-refractivity contribution in [2.75, 3.05) is 13.2 Å². The average molecular weight is 510 g/mol. The van der Waals surface area contributed by atoms with Gasteiger partial charge in [-0.3, -0.25) is 4.79 Å². The molecule has 0 saturated heterocycles. The largest absolute Gasteiger partial charge is 0.457 e. The molecule has 0 saturated carbocycles. The van der Waals surface area contributed by atoms with Crippen LogP contribution in [0.1, 0.15) is 17.5 Å². The second-order valence-electron chi connectivity index (χ2n) is 8.23. The molecular weight excluding hydrogens is 487 g/mol. The van der Waals surface area contributed by atoms with Crippen LogP contribution in [0.5, 0.6) is 11.5 Å². The van der Waals surface area contributed by atoms with Gasteiger partial charge in [0.05, 0.1) is 35.1 Å². The average Bonchev–Trinajstić information content (AvgIpc) is 2.82. The highest BCUT2D eigenvalue weighted by Gasteiger charge is 2.30. The highest BCUT2D eigenvalue weighted by Crippen LogP contribution is 2.33. The molecule has 0 aliphatic heterocycles. The third kappa shape index (κ3) is 5.76. The molecular formula is C25H23ClF3NO5. The van der Waals surface area contributed by atoms with E-state index in [2.05, 4.69) is 0 Å². The number of ether oxygens (including phenoxy) is 1. The SMILES string of the molecule is Cl.NC(CO)(CO)CCc1ccc2c(=O)c3cc(Oc4cccc(C(F)(F)F)c4)ccc3oc2c1. The molecule has 0 bridgehead atoms. The molecule has 4 N–H and O–H groups in total. The summed E-state index contributed by atoms with van der Waals surface area (Å²) in [5, 5.41) is 19.3. The molecule has 0 aliphatic rings. The Hall–Kier alpha value is -3.11. The van der Waals surface area contributed by atoms with E-state index in [9.17, 15) is 28.2 Å².